The Labute approximate surface area is 122 Å². The van der Waals surface area contributed by atoms with Gasteiger partial charge in [0.25, 0.3) is 0 Å². The van der Waals surface area contributed by atoms with Gasteiger partial charge in [0.05, 0.1) is 16.9 Å². The van der Waals surface area contributed by atoms with E-state index in [0.717, 1.165) is 0 Å². The van der Waals surface area contributed by atoms with Crippen LogP contribution in [0.15, 0.2) is 18.3 Å². The van der Waals surface area contributed by atoms with Gasteiger partial charge in [0, 0.05) is 7.11 Å². The van der Waals surface area contributed by atoms with Crippen LogP contribution in [0, 0.1) is 0 Å². The Morgan fingerprint density at radius 2 is 2.33 bits per heavy atom. The fourth-order valence-electron chi connectivity index (χ4n) is 2.09. The number of pyridine rings is 1. The maximum absolute atomic E-state index is 11.3. The van der Waals surface area contributed by atoms with Gasteiger partial charge in [-0.25, -0.2) is 9.78 Å². The molecular weight excluding hydrogens is 300 g/mol. The lowest BCUT2D eigenvalue weighted by Gasteiger charge is -2.16. The van der Waals surface area contributed by atoms with Gasteiger partial charge in [0.15, 0.2) is 11.8 Å². The third-order valence-electron chi connectivity index (χ3n) is 2.95. The quantitative estimate of drug-likeness (QED) is 0.736. The van der Waals surface area contributed by atoms with Crippen LogP contribution in [0.25, 0.3) is 5.65 Å². The van der Waals surface area contributed by atoms with Crippen LogP contribution in [0.5, 0.6) is 0 Å². The number of H-pyrrole nitrogens is 1. The predicted octanol–water partition coefficient (Wildman–Crippen LogP) is 0.935. The van der Waals surface area contributed by atoms with Crippen LogP contribution in [0.4, 0.5) is 0 Å². The lowest BCUT2D eigenvalue weighted by atomic mass is 10.2. The lowest BCUT2D eigenvalue weighted by Crippen LogP contribution is -2.14. The topological polar surface area (TPSA) is 118 Å². The number of aromatic nitrogens is 6. The number of aromatic carboxylic acids is 1. The molecule has 2 N–H and O–H groups in total. The van der Waals surface area contributed by atoms with Gasteiger partial charge in [-0.05, 0) is 12.1 Å². The van der Waals surface area contributed by atoms with Gasteiger partial charge in [-0.2, -0.15) is 5.21 Å². The smallest absolute Gasteiger partial charge is 0.354 e. The monoisotopic (exact) mass is 308 g/mol. The van der Waals surface area contributed by atoms with E-state index >= 15 is 0 Å². The second kappa shape index (κ2) is 5.11. The fraction of sp³-hybridized carbons (Fsp3) is 0.182. The fourth-order valence-corrected chi connectivity index (χ4v) is 2.34. The van der Waals surface area contributed by atoms with Crippen molar-refractivity contribution in [3.8, 4) is 0 Å². The van der Waals surface area contributed by atoms with Crippen LogP contribution >= 0.6 is 11.6 Å². The third kappa shape index (κ3) is 2.12. The molecule has 21 heavy (non-hydrogen) atoms. The Kier molecular flexibility index (Phi) is 3.28. The number of carbonyl (C=O) groups is 1. The number of aromatic amines is 1. The number of ether oxygens (including phenoxy) is 1. The Balaban J connectivity index is 2.32. The molecule has 3 heterocycles. The molecule has 0 aromatic carbocycles. The van der Waals surface area contributed by atoms with Crippen molar-refractivity contribution in [2.24, 2.45) is 0 Å². The summed E-state index contributed by atoms with van der Waals surface area (Å²) in [7, 11) is 1.44. The number of hydrogen-bond acceptors (Lipinski definition) is 6. The maximum atomic E-state index is 11.3. The molecule has 0 fully saturated rings. The number of tetrazole rings is 1. The molecule has 1 atom stereocenters. The first-order chi connectivity index (χ1) is 10.1. The normalized spacial score (nSPS) is 12.7. The van der Waals surface area contributed by atoms with E-state index in [-0.39, 0.29) is 11.5 Å². The maximum Gasteiger partial charge on any atom is 0.354 e. The zero-order valence-electron chi connectivity index (χ0n) is 10.7. The molecule has 108 valence electrons. The van der Waals surface area contributed by atoms with E-state index in [9.17, 15) is 9.90 Å². The van der Waals surface area contributed by atoms with Gasteiger partial charge in [0.2, 0.25) is 5.82 Å². The van der Waals surface area contributed by atoms with Crippen molar-refractivity contribution in [1.29, 1.82) is 0 Å². The van der Waals surface area contributed by atoms with Gasteiger partial charge in [0.1, 0.15) is 5.65 Å². The van der Waals surface area contributed by atoms with Crippen molar-refractivity contribution in [3.63, 3.8) is 0 Å². The van der Waals surface area contributed by atoms with Crippen LogP contribution in [0.2, 0.25) is 5.02 Å². The Morgan fingerprint density at radius 1 is 1.52 bits per heavy atom. The van der Waals surface area contributed by atoms with Gasteiger partial charge < -0.3 is 9.84 Å². The molecule has 3 aromatic rings. The minimum Gasteiger partial charge on any atom is -0.477 e. The number of carboxylic acid groups (broad SMARTS) is 1. The molecular formula is C11H9ClN6O3. The standard InChI is InChI=1S/C11H9ClN6O3/c1-21-9(10-14-16-17-15-10)8-5(12)2-3-7-13-4-6(11(19)20)18(7)8/h2-4,9H,1H3,(H,19,20)(H,14,15,16,17). The van der Waals surface area contributed by atoms with Crippen LogP contribution < -0.4 is 0 Å². The Bertz CT molecular complexity index is 800. The van der Waals surface area contributed by atoms with Crippen molar-refractivity contribution in [2.45, 2.75) is 6.10 Å². The molecule has 10 heteroatoms. The first kappa shape index (κ1) is 13.5. The molecule has 0 aliphatic carbocycles. The van der Waals surface area contributed by atoms with E-state index in [1.165, 1.54) is 17.7 Å². The number of carboxylic acids is 1. The SMILES string of the molecule is COC(c1nn[nH]n1)c1c(Cl)ccc2ncc(C(=O)O)n12. The average molecular weight is 309 g/mol. The van der Waals surface area contributed by atoms with Gasteiger partial charge >= 0.3 is 5.97 Å². The highest BCUT2D eigenvalue weighted by Crippen LogP contribution is 2.30. The molecule has 9 nitrogen and oxygen atoms in total. The molecule has 0 bridgehead atoms. The van der Waals surface area contributed by atoms with E-state index in [2.05, 4.69) is 25.6 Å². The number of rotatable bonds is 4. The number of nitrogens with zero attached hydrogens (tertiary/aromatic N) is 5. The summed E-state index contributed by atoms with van der Waals surface area (Å²) < 4.78 is 6.76. The molecule has 3 aromatic heterocycles. The summed E-state index contributed by atoms with van der Waals surface area (Å²) in [6, 6.07) is 3.22. The molecule has 0 aliphatic rings. The van der Waals surface area contributed by atoms with Gasteiger partial charge in [-0.1, -0.05) is 16.8 Å². The van der Waals surface area contributed by atoms with Crippen LogP contribution in [-0.4, -0.2) is 48.2 Å². The van der Waals surface area contributed by atoms with Crippen molar-refractivity contribution in [3.05, 3.63) is 40.6 Å². The summed E-state index contributed by atoms with van der Waals surface area (Å²) in [5.41, 5.74) is 0.762. The van der Waals surface area contributed by atoms with E-state index in [1.54, 1.807) is 12.1 Å². The Hall–Kier alpha value is -2.52. The van der Waals surface area contributed by atoms with Gasteiger partial charge in [-0.3, -0.25) is 4.40 Å². The highest BCUT2D eigenvalue weighted by Gasteiger charge is 2.26. The molecule has 0 saturated carbocycles. The molecule has 0 radical (unpaired) electrons. The summed E-state index contributed by atoms with van der Waals surface area (Å²) in [5, 5.41) is 23.1. The Morgan fingerprint density at radius 3 is 2.95 bits per heavy atom. The van der Waals surface area contributed by atoms with Crippen LogP contribution in [-0.2, 0) is 4.74 Å². The van der Waals surface area contributed by atoms with Crippen LogP contribution in [0.3, 0.4) is 0 Å². The molecule has 0 spiro atoms. The van der Waals surface area contributed by atoms with Crippen molar-refractivity contribution >= 4 is 23.2 Å². The average Bonchev–Trinajstić information content (AvgIpc) is 3.10. The van der Waals surface area contributed by atoms with Gasteiger partial charge in [-0.15, -0.1) is 10.2 Å². The summed E-state index contributed by atoms with van der Waals surface area (Å²) in [6.07, 6.45) is 0.465. The van der Waals surface area contributed by atoms with E-state index in [4.69, 9.17) is 16.3 Å². The summed E-state index contributed by atoms with van der Waals surface area (Å²) in [6.45, 7) is 0. The zero-order valence-corrected chi connectivity index (χ0v) is 11.4. The van der Waals surface area contributed by atoms with E-state index in [1.807, 2.05) is 0 Å². The minimum atomic E-state index is -1.13. The third-order valence-corrected chi connectivity index (χ3v) is 3.27. The molecule has 1 unspecified atom stereocenters. The molecule has 0 amide bonds. The highest BCUT2D eigenvalue weighted by atomic mass is 35.5. The number of imidazole rings is 1. The number of hydrogen-bond donors (Lipinski definition) is 2. The van der Waals surface area contributed by atoms with E-state index in [0.29, 0.717) is 16.4 Å². The zero-order chi connectivity index (χ0) is 15.0. The minimum absolute atomic E-state index is 0.0342. The number of methoxy groups -OCH3 is 1. The van der Waals surface area contributed by atoms with Crippen LogP contribution in [0.1, 0.15) is 28.1 Å². The first-order valence-electron chi connectivity index (χ1n) is 5.78. The first-order valence-corrected chi connectivity index (χ1v) is 6.16. The summed E-state index contributed by atoms with van der Waals surface area (Å²) in [4.78, 5) is 15.4. The second-order valence-corrected chi connectivity index (χ2v) is 4.50. The summed E-state index contributed by atoms with van der Waals surface area (Å²) >= 11 is 6.22. The molecule has 3 rings (SSSR count). The van der Waals surface area contributed by atoms with Crippen molar-refractivity contribution in [2.75, 3.05) is 7.11 Å². The largest absolute Gasteiger partial charge is 0.477 e. The molecule has 0 saturated heterocycles. The predicted molar refractivity (Wildman–Crippen MR) is 70.2 cm³/mol. The number of halogens is 1. The molecule has 0 aliphatic heterocycles. The number of fused-ring (bicyclic) bond motifs is 1. The highest BCUT2D eigenvalue weighted by molar-refractivity contribution is 6.31. The lowest BCUT2D eigenvalue weighted by molar-refractivity contribution is 0.0687. The summed E-state index contributed by atoms with van der Waals surface area (Å²) in [5.74, 6) is -0.897. The van der Waals surface area contributed by atoms with E-state index < -0.39 is 12.1 Å². The van der Waals surface area contributed by atoms with Crippen molar-refractivity contribution < 1.29 is 14.6 Å². The number of nitrogens with one attached hydrogen (secondary N) is 1. The second-order valence-electron chi connectivity index (χ2n) is 4.09. The van der Waals surface area contributed by atoms with Crippen molar-refractivity contribution in [1.82, 2.24) is 30.0 Å².